The van der Waals surface area contributed by atoms with Crippen LogP contribution < -0.4 is 14.8 Å². The molecule has 6 nitrogen and oxygen atoms in total. The molecule has 0 unspecified atom stereocenters. The second-order valence-corrected chi connectivity index (χ2v) is 6.86. The number of nitrogens with one attached hydrogen (secondary N) is 1. The van der Waals surface area contributed by atoms with Gasteiger partial charge in [-0.15, -0.1) is 0 Å². The van der Waals surface area contributed by atoms with Gasteiger partial charge in [-0.3, -0.25) is 4.79 Å². The molecule has 0 saturated carbocycles. The monoisotopic (exact) mass is 389 g/mol. The van der Waals surface area contributed by atoms with E-state index in [2.05, 4.69) is 10.3 Å². The van der Waals surface area contributed by atoms with Crippen molar-refractivity contribution in [2.75, 3.05) is 32.6 Å². The molecule has 1 aromatic heterocycles. The van der Waals surface area contributed by atoms with Gasteiger partial charge in [-0.2, -0.15) is 0 Å². The van der Waals surface area contributed by atoms with Crippen LogP contribution in [0, 0.1) is 0 Å². The van der Waals surface area contributed by atoms with Gasteiger partial charge in [0.2, 0.25) is 0 Å². The Morgan fingerprint density at radius 3 is 2.37 bits per heavy atom. The zero-order valence-corrected chi connectivity index (χ0v) is 16.4. The van der Waals surface area contributed by atoms with Crippen molar-refractivity contribution in [2.45, 2.75) is 25.7 Å². The van der Waals surface area contributed by atoms with Crippen LogP contribution >= 0.6 is 11.6 Å². The quantitative estimate of drug-likeness (QED) is 0.814. The predicted molar refractivity (Wildman–Crippen MR) is 106 cm³/mol. The SMILES string of the molecule is COc1cc(Nc2ccc(C(=O)N3CCCCCC3)nc2)c(OC)cc1Cl. The number of ether oxygens (including phenoxy) is 2. The van der Waals surface area contributed by atoms with Gasteiger partial charge in [0.05, 0.1) is 36.8 Å². The van der Waals surface area contributed by atoms with E-state index in [-0.39, 0.29) is 5.91 Å². The number of hydrogen-bond acceptors (Lipinski definition) is 5. The topological polar surface area (TPSA) is 63.7 Å². The first-order valence-corrected chi connectivity index (χ1v) is 9.44. The Kier molecular flexibility index (Phi) is 6.40. The lowest BCUT2D eigenvalue weighted by Crippen LogP contribution is -2.32. The van der Waals surface area contributed by atoms with Crippen molar-refractivity contribution >= 4 is 28.9 Å². The Morgan fingerprint density at radius 2 is 1.78 bits per heavy atom. The van der Waals surface area contributed by atoms with Crippen molar-refractivity contribution in [1.29, 1.82) is 0 Å². The fraction of sp³-hybridized carbons (Fsp3) is 0.400. The summed E-state index contributed by atoms with van der Waals surface area (Å²) in [6.07, 6.45) is 6.14. The van der Waals surface area contributed by atoms with Crippen LogP contribution in [0.25, 0.3) is 0 Å². The molecular weight excluding hydrogens is 366 g/mol. The average molecular weight is 390 g/mol. The van der Waals surface area contributed by atoms with E-state index in [9.17, 15) is 4.79 Å². The number of pyridine rings is 1. The van der Waals surface area contributed by atoms with Gasteiger partial charge in [0, 0.05) is 25.2 Å². The molecule has 1 aromatic carbocycles. The Labute approximate surface area is 164 Å². The van der Waals surface area contributed by atoms with E-state index in [0.29, 0.717) is 27.9 Å². The second kappa shape index (κ2) is 8.95. The molecule has 0 atom stereocenters. The van der Waals surface area contributed by atoms with Crippen LogP contribution in [0.15, 0.2) is 30.5 Å². The summed E-state index contributed by atoms with van der Waals surface area (Å²) in [6.45, 7) is 1.62. The van der Waals surface area contributed by atoms with Gasteiger partial charge in [-0.1, -0.05) is 24.4 Å². The molecule has 0 bridgehead atoms. The lowest BCUT2D eigenvalue weighted by molar-refractivity contribution is 0.0756. The minimum atomic E-state index is -0.00538. The highest BCUT2D eigenvalue weighted by atomic mass is 35.5. The molecule has 1 aliphatic heterocycles. The number of likely N-dealkylation sites (tertiary alicyclic amines) is 1. The molecule has 0 spiro atoms. The first-order valence-electron chi connectivity index (χ1n) is 9.06. The number of amides is 1. The highest BCUT2D eigenvalue weighted by Gasteiger charge is 2.18. The first kappa shape index (κ1) is 19.3. The molecular formula is C20H24ClN3O3. The van der Waals surface area contributed by atoms with Crippen molar-refractivity contribution in [3.8, 4) is 11.5 Å². The van der Waals surface area contributed by atoms with Crippen LogP contribution in [0.5, 0.6) is 11.5 Å². The van der Waals surface area contributed by atoms with Crippen molar-refractivity contribution in [3.63, 3.8) is 0 Å². The van der Waals surface area contributed by atoms with Crippen molar-refractivity contribution in [1.82, 2.24) is 9.88 Å². The summed E-state index contributed by atoms with van der Waals surface area (Å²) in [4.78, 5) is 18.9. The zero-order valence-electron chi connectivity index (χ0n) is 15.6. The molecule has 2 heterocycles. The summed E-state index contributed by atoms with van der Waals surface area (Å²) < 4.78 is 10.6. The van der Waals surface area contributed by atoms with Crippen LogP contribution in [0.4, 0.5) is 11.4 Å². The lowest BCUT2D eigenvalue weighted by Gasteiger charge is -2.20. The average Bonchev–Trinajstić information content (AvgIpc) is 2.98. The predicted octanol–water partition coefficient (Wildman–Crippen LogP) is 4.51. The van der Waals surface area contributed by atoms with Gasteiger partial charge in [0.1, 0.15) is 17.2 Å². The number of halogens is 1. The van der Waals surface area contributed by atoms with E-state index in [4.69, 9.17) is 21.1 Å². The standard InChI is InChI=1S/C20H24ClN3O3/c1-26-18-12-17(19(27-2)11-15(18)21)23-14-7-8-16(22-13-14)20(25)24-9-5-3-4-6-10-24/h7-8,11-13,23H,3-6,9-10H2,1-2H3. The Bertz CT molecular complexity index is 788. The van der Waals surface area contributed by atoms with E-state index in [1.165, 1.54) is 12.8 Å². The second-order valence-electron chi connectivity index (χ2n) is 6.45. The van der Waals surface area contributed by atoms with Gasteiger partial charge >= 0.3 is 0 Å². The van der Waals surface area contributed by atoms with Crippen molar-refractivity contribution < 1.29 is 14.3 Å². The first-order chi connectivity index (χ1) is 13.1. The van der Waals surface area contributed by atoms with Crippen LogP contribution in [-0.2, 0) is 0 Å². The molecule has 7 heteroatoms. The summed E-state index contributed by atoms with van der Waals surface area (Å²) >= 11 is 6.14. The molecule has 3 rings (SSSR count). The summed E-state index contributed by atoms with van der Waals surface area (Å²) in [5, 5.41) is 3.70. The number of carbonyl (C=O) groups excluding carboxylic acids is 1. The molecule has 144 valence electrons. The van der Waals surface area contributed by atoms with Gasteiger partial charge in [0.25, 0.3) is 5.91 Å². The number of methoxy groups -OCH3 is 2. The van der Waals surface area contributed by atoms with E-state index in [1.807, 2.05) is 11.0 Å². The largest absolute Gasteiger partial charge is 0.495 e. The van der Waals surface area contributed by atoms with E-state index >= 15 is 0 Å². The highest BCUT2D eigenvalue weighted by Crippen LogP contribution is 2.37. The lowest BCUT2D eigenvalue weighted by atomic mass is 10.2. The third-order valence-corrected chi connectivity index (χ3v) is 4.92. The van der Waals surface area contributed by atoms with Crippen molar-refractivity contribution in [3.05, 3.63) is 41.2 Å². The smallest absolute Gasteiger partial charge is 0.272 e. The van der Waals surface area contributed by atoms with Gasteiger partial charge in [0.15, 0.2) is 0 Å². The van der Waals surface area contributed by atoms with Crippen molar-refractivity contribution in [2.24, 2.45) is 0 Å². The van der Waals surface area contributed by atoms with E-state index in [0.717, 1.165) is 31.6 Å². The molecule has 27 heavy (non-hydrogen) atoms. The summed E-state index contributed by atoms with van der Waals surface area (Å²) in [6, 6.07) is 7.03. The maximum Gasteiger partial charge on any atom is 0.272 e. The Morgan fingerprint density at radius 1 is 1.07 bits per heavy atom. The molecule has 1 N–H and O–H groups in total. The van der Waals surface area contributed by atoms with Gasteiger partial charge in [-0.05, 0) is 25.0 Å². The van der Waals surface area contributed by atoms with Crippen LogP contribution in [0.2, 0.25) is 5.02 Å². The molecule has 1 amide bonds. The highest BCUT2D eigenvalue weighted by molar-refractivity contribution is 6.32. The number of rotatable bonds is 5. The number of nitrogens with zero attached hydrogens (tertiary/aromatic N) is 2. The number of benzene rings is 1. The van der Waals surface area contributed by atoms with Crippen LogP contribution in [-0.4, -0.2) is 43.1 Å². The van der Waals surface area contributed by atoms with E-state index < -0.39 is 0 Å². The fourth-order valence-corrected chi connectivity index (χ4v) is 3.37. The molecule has 1 aliphatic rings. The van der Waals surface area contributed by atoms with Crippen LogP contribution in [0.1, 0.15) is 36.2 Å². The van der Waals surface area contributed by atoms with Gasteiger partial charge < -0.3 is 19.7 Å². The normalized spacial score (nSPS) is 14.4. The third kappa shape index (κ3) is 4.63. The maximum absolute atomic E-state index is 12.6. The molecule has 1 fully saturated rings. The Hall–Kier alpha value is -2.47. The third-order valence-electron chi connectivity index (χ3n) is 4.63. The molecule has 1 saturated heterocycles. The summed E-state index contributed by atoms with van der Waals surface area (Å²) in [5.41, 5.74) is 1.90. The fourth-order valence-electron chi connectivity index (χ4n) is 3.14. The number of anilines is 2. The number of carbonyl (C=O) groups is 1. The number of aromatic nitrogens is 1. The molecule has 0 aliphatic carbocycles. The van der Waals surface area contributed by atoms with E-state index in [1.54, 1.807) is 38.6 Å². The maximum atomic E-state index is 12.6. The summed E-state index contributed by atoms with van der Waals surface area (Å²) in [7, 11) is 3.13. The van der Waals surface area contributed by atoms with Gasteiger partial charge in [-0.25, -0.2) is 4.98 Å². The molecule has 2 aromatic rings. The zero-order chi connectivity index (χ0) is 19.2. The Balaban J connectivity index is 1.75. The minimum absolute atomic E-state index is 0.00538. The summed E-state index contributed by atoms with van der Waals surface area (Å²) in [5.74, 6) is 1.13. The minimum Gasteiger partial charge on any atom is -0.495 e. The van der Waals surface area contributed by atoms with Crippen LogP contribution in [0.3, 0.4) is 0 Å². The molecule has 0 radical (unpaired) electrons. The number of hydrogen-bond donors (Lipinski definition) is 1.